The number of para-hydroxylation sites is 3. The van der Waals surface area contributed by atoms with Crippen molar-refractivity contribution in [2.45, 2.75) is 25.9 Å². The van der Waals surface area contributed by atoms with E-state index in [-0.39, 0.29) is 11.9 Å². The molecule has 120 valence electrons. The highest BCUT2D eigenvalue weighted by Crippen LogP contribution is 2.33. The highest BCUT2D eigenvalue weighted by Gasteiger charge is 2.33. The van der Waals surface area contributed by atoms with Crippen molar-refractivity contribution < 1.29 is 4.79 Å². The molecule has 0 spiro atoms. The van der Waals surface area contributed by atoms with Gasteiger partial charge in [0.1, 0.15) is 6.04 Å². The molecule has 2 N–H and O–H groups in total. The summed E-state index contributed by atoms with van der Waals surface area (Å²) < 4.78 is 0. The molecular formula is C19H18N4O. The van der Waals surface area contributed by atoms with Gasteiger partial charge in [0, 0.05) is 12.1 Å². The van der Waals surface area contributed by atoms with E-state index in [0.717, 1.165) is 33.7 Å². The summed E-state index contributed by atoms with van der Waals surface area (Å²) in [5.41, 5.74) is 11.3. The van der Waals surface area contributed by atoms with Gasteiger partial charge in [0.2, 0.25) is 5.91 Å². The summed E-state index contributed by atoms with van der Waals surface area (Å²) in [5, 5.41) is 0. The normalized spacial score (nSPS) is 16.4. The first-order chi connectivity index (χ1) is 11.6. The van der Waals surface area contributed by atoms with E-state index in [9.17, 15) is 4.79 Å². The topological polar surface area (TPSA) is 72.1 Å². The molecule has 1 aromatic heterocycles. The van der Waals surface area contributed by atoms with Gasteiger partial charge in [-0.1, -0.05) is 30.3 Å². The van der Waals surface area contributed by atoms with Crippen LogP contribution in [0, 0.1) is 6.92 Å². The van der Waals surface area contributed by atoms with Crippen molar-refractivity contribution in [3.05, 3.63) is 65.5 Å². The molecule has 0 fully saturated rings. The standard InChI is InChI=1S/C19H18N4O/c1-12-16(22-15-8-4-3-7-14(15)21-12)11-23-17-9-5-2-6-13(17)10-18(23)19(20)24/h2-9,18H,10-11H2,1H3,(H2,20,24)/t18-/m0/s1. The Morgan fingerprint density at radius 1 is 1.12 bits per heavy atom. The molecule has 0 aliphatic carbocycles. The van der Waals surface area contributed by atoms with Crippen LogP contribution >= 0.6 is 0 Å². The fraction of sp³-hybridized carbons (Fsp3) is 0.211. The SMILES string of the molecule is Cc1nc2ccccc2nc1CN1c2ccccc2C[C@H]1C(N)=O. The molecule has 4 rings (SSSR count). The lowest BCUT2D eigenvalue weighted by Crippen LogP contribution is -2.42. The first-order valence-electron chi connectivity index (χ1n) is 7.99. The highest BCUT2D eigenvalue weighted by molar-refractivity contribution is 5.87. The molecular weight excluding hydrogens is 300 g/mol. The Balaban J connectivity index is 1.76. The van der Waals surface area contributed by atoms with Crippen LogP contribution in [0.1, 0.15) is 17.0 Å². The fourth-order valence-corrected chi connectivity index (χ4v) is 3.34. The lowest BCUT2D eigenvalue weighted by molar-refractivity contribution is -0.119. The fourth-order valence-electron chi connectivity index (χ4n) is 3.34. The van der Waals surface area contributed by atoms with Crippen molar-refractivity contribution in [1.29, 1.82) is 0 Å². The number of benzene rings is 2. The number of carbonyl (C=O) groups excluding carboxylic acids is 1. The van der Waals surface area contributed by atoms with Crippen molar-refractivity contribution in [2.75, 3.05) is 4.90 Å². The predicted molar refractivity (Wildman–Crippen MR) is 93.6 cm³/mol. The zero-order valence-corrected chi connectivity index (χ0v) is 13.4. The van der Waals surface area contributed by atoms with Crippen molar-refractivity contribution in [3.8, 4) is 0 Å². The summed E-state index contributed by atoms with van der Waals surface area (Å²) in [7, 11) is 0. The maximum absolute atomic E-state index is 11.9. The van der Waals surface area contributed by atoms with Crippen LogP contribution in [-0.4, -0.2) is 21.9 Å². The molecule has 1 aliphatic rings. The number of fused-ring (bicyclic) bond motifs is 2. The second-order valence-electron chi connectivity index (χ2n) is 6.12. The van der Waals surface area contributed by atoms with Crippen molar-refractivity contribution in [1.82, 2.24) is 9.97 Å². The molecule has 1 atom stereocenters. The Morgan fingerprint density at radius 2 is 1.79 bits per heavy atom. The lowest BCUT2D eigenvalue weighted by atomic mass is 10.1. The average Bonchev–Trinajstić information content (AvgIpc) is 2.95. The number of hydrogen-bond acceptors (Lipinski definition) is 4. The second-order valence-corrected chi connectivity index (χ2v) is 6.12. The molecule has 0 unspecified atom stereocenters. The number of rotatable bonds is 3. The Bertz CT molecular complexity index is 938. The van der Waals surface area contributed by atoms with Crippen LogP contribution in [0.3, 0.4) is 0 Å². The summed E-state index contributed by atoms with van der Waals surface area (Å²) in [4.78, 5) is 23.3. The highest BCUT2D eigenvalue weighted by atomic mass is 16.1. The maximum Gasteiger partial charge on any atom is 0.240 e. The van der Waals surface area contributed by atoms with Crippen LogP contribution in [-0.2, 0) is 17.8 Å². The largest absolute Gasteiger partial charge is 0.368 e. The second kappa shape index (κ2) is 5.60. The Morgan fingerprint density at radius 3 is 2.54 bits per heavy atom. The molecule has 0 saturated heterocycles. The third-order valence-corrected chi connectivity index (χ3v) is 4.58. The molecule has 0 bridgehead atoms. The quantitative estimate of drug-likeness (QED) is 0.804. The monoisotopic (exact) mass is 318 g/mol. The molecule has 2 aromatic carbocycles. The van der Waals surface area contributed by atoms with Gasteiger partial charge in [-0.05, 0) is 30.7 Å². The van der Waals surface area contributed by atoms with Gasteiger partial charge in [-0.15, -0.1) is 0 Å². The van der Waals surface area contributed by atoms with Crippen LogP contribution in [0.4, 0.5) is 5.69 Å². The van der Waals surface area contributed by atoms with E-state index < -0.39 is 0 Å². The molecule has 2 heterocycles. The zero-order chi connectivity index (χ0) is 16.7. The van der Waals surface area contributed by atoms with E-state index in [0.29, 0.717) is 13.0 Å². The molecule has 5 heteroatoms. The molecule has 3 aromatic rings. The third-order valence-electron chi connectivity index (χ3n) is 4.58. The number of hydrogen-bond donors (Lipinski definition) is 1. The van der Waals surface area contributed by atoms with Crippen LogP contribution < -0.4 is 10.6 Å². The van der Waals surface area contributed by atoms with Gasteiger partial charge in [-0.3, -0.25) is 4.79 Å². The van der Waals surface area contributed by atoms with Crippen LogP contribution in [0.5, 0.6) is 0 Å². The van der Waals surface area contributed by atoms with Gasteiger partial charge >= 0.3 is 0 Å². The smallest absolute Gasteiger partial charge is 0.240 e. The van der Waals surface area contributed by atoms with Crippen molar-refractivity contribution >= 4 is 22.6 Å². The van der Waals surface area contributed by atoms with E-state index in [2.05, 4.69) is 4.98 Å². The summed E-state index contributed by atoms with van der Waals surface area (Å²) in [5.74, 6) is -0.308. The van der Waals surface area contributed by atoms with Crippen LogP contribution in [0.25, 0.3) is 11.0 Å². The summed E-state index contributed by atoms with van der Waals surface area (Å²) in [6.07, 6.45) is 0.644. The van der Waals surface area contributed by atoms with Crippen LogP contribution in [0.2, 0.25) is 0 Å². The van der Waals surface area contributed by atoms with E-state index in [4.69, 9.17) is 10.7 Å². The van der Waals surface area contributed by atoms with E-state index in [1.54, 1.807) is 0 Å². The number of aromatic nitrogens is 2. The van der Waals surface area contributed by atoms with Gasteiger partial charge in [-0.2, -0.15) is 0 Å². The summed E-state index contributed by atoms with van der Waals surface area (Å²) in [6, 6.07) is 15.5. The summed E-state index contributed by atoms with van der Waals surface area (Å²) in [6.45, 7) is 2.48. The third kappa shape index (κ3) is 2.38. The number of nitrogens with zero attached hydrogens (tertiary/aromatic N) is 3. The Hall–Kier alpha value is -2.95. The Labute approximate surface area is 140 Å². The van der Waals surface area contributed by atoms with Gasteiger partial charge < -0.3 is 10.6 Å². The van der Waals surface area contributed by atoms with E-state index in [1.807, 2.05) is 60.4 Å². The minimum absolute atomic E-state index is 0.308. The number of anilines is 1. The minimum Gasteiger partial charge on any atom is -0.368 e. The molecule has 0 radical (unpaired) electrons. The van der Waals surface area contributed by atoms with E-state index >= 15 is 0 Å². The zero-order valence-electron chi connectivity index (χ0n) is 13.4. The number of amides is 1. The summed E-state index contributed by atoms with van der Waals surface area (Å²) >= 11 is 0. The minimum atomic E-state index is -0.338. The predicted octanol–water partition coefficient (Wildman–Crippen LogP) is 2.35. The van der Waals surface area contributed by atoms with Crippen LogP contribution in [0.15, 0.2) is 48.5 Å². The molecule has 5 nitrogen and oxygen atoms in total. The van der Waals surface area contributed by atoms with Gasteiger partial charge in [0.05, 0.1) is 29.0 Å². The number of aryl methyl sites for hydroxylation is 1. The van der Waals surface area contributed by atoms with Gasteiger partial charge in [0.25, 0.3) is 0 Å². The first kappa shape index (κ1) is 14.6. The lowest BCUT2D eigenvalue weighted by Gasteiger charge is -2.25. The maximum atomic E-state index is 11.9. The number of carbonyl (C=O) groups is 1. The van der Waals surface area contributed by atoms with Crippen molar-refractivity contribution in [3.63, 3.8) is 0 Å². The van der Waals surface area contributed by atoms with Gasteiger partial charge in [-0.25, -0.2) is 9.97 Å². The molecule has 1 amide bonds. The average molecular weight is 318 g/mol. The molecule has 0 saturated carbocycles. The number of nitrogens with two attached hydrogens (primary N) is 1. The molecule has 24 heavy (non-hydrogen) atoms. The Kier molecular flexibility index (Phi) is 3.41. The van der Waals surface area contributed by atoms with Crippen molar-refractivity contribution in [2.24, 2.45) is 5.73 Å². The van der Waals surface area contributed by atoms with E-state index in [1.165, 1.54) is 0 Å². The van der Waals surface area contributed by atoms with Gasteiger partial charge in [0.15, 0.2) is 0 Å². The first-order valence-corrected chi connectivity index (χ1v) is 7.99. The molecule has 1 aliphatic heterocycles. The number of primary amides is 1.